The van der Waals surface area contributed by atoms with Crippen molar-refractivity contribution < 1.29 is 24.1 Å². The molecular weight excluding hydrogens is 296 g/mol. The van der Waals surface area contributed by atoms with Gasteiger partial charge < -0.3 is 24.1 Å². The SMILES string of the molecule is C=CC[C@@H]1OC(C)(C)OC1[C@@H](CO)OCc1ccc(OC)cc1. The third kappa shape index (κ3) is 4.78. The Morgan fingerprint density at radius 1 is 1.30 bits per heavy atom. The van der Waals surface area contributed by atoms with Gasteiger partial charge in [0.1, 0.15) is 18.0 Å². The number of ether oxygens (including phenoxy) is 4. The average molecular weight is 322 g/mol. The quantitative estimate of drug-likeness (QED) is 0.746. The molecule has 3 atom stereocenters. The first-order valence-corrected chi connectivity index (χ1v) is 7.81. The largest absolute Gasteiger partial charge is 0.497 e. The van der Waals surface area contributed by atoms with Crippen LogP contribution in [-0.4, -0.2) is 42.9 Å². The molecule has 23 heavy (non-hydrogen) atoms. The fourth-order valence-corrected chi connectivity index (χ4v) is 2.70. The van der Waals surface area contributed by atoms with Crippen molar-refractivity contribution in [1.29, 1.82) is 0 Å². The summed E-state index contributed by atoms with van der Waals surface area (Å²) in [7, 11) is 1.63. The molecule has 1 saturated heterocycles. The lowest BCUT2D eigenvalue weighted by Gasteiger charge is -2.25. The van der Waals surface area contributed by atoms with E-state index in [0.29, 0.717) is 13.0 Å². The van der Waals surface area contributed by atoms with Crippen LogP contribution in [0.1, 0.15) is 25.8 Å². The van der Waals surface area contributed by atoms with Crippen molar-refractivity contribution in [3.8, 4) is 5.75 Å². The molecule has 0 aliphatic carbocycles. The van der Waals surface area contributed by atoms with E-state index in [1.54, 1.807) is 13.2 Å². The van der Waals surface area contributed by atoms with Crippen molar-refractivity contribution >= 4 is 0 Å². The smallest absolute Gasteiger partial charge is 0.163 e. The third-order valence-electron chi connectivity index (χ3n) is 3.79. The number of hydrogen-bond acceptors (Lipinski definition) is 5. The van der Waals surface area contributed by atoms with Crippen LogP contribution in [0.5, 0.6) is 5.75 Å². The lowest BCUT2D eigenvalue weighted by molar-refractivity contribution is -0.164. The Labute approximate surface area is 137 Å². The molecule has 1 aliphatic heterocycles. The molecule has 0 amide bonds. The van der Waals surface area contributed by atoms with Crippen LogP contribution < -0.4 is 4.74 Å². The van der Waals surface area contributed by atoms with Gasteiger partial charge in [-0.2, -0.15) is 0 Å². The minimum absolute atomic E-state index is 0.131. The molecule has 5 nitrogen and oxygen atoms in total. The standard InChI is InChI=1S/C18H26O5/c1-5-6-15-17(23-18(2,3)22-15)16(11-19)21-12-13-7-9-14(20-4)10-8-13/h5,7-10,15-17,19H,1,6,11-12H2,2-4H3/t15-,16+,17?/m0/s1. The first-order chi connectivity index (χ1) is 11.0. The predicted octanol–water partition coefficient (Wildman–Crippen LogP) is 2.67. The molecule has 1 aromatic rings. The molecule has 1 fully saturated rings. The average Bonchev–Trinajstić information content (AvgIpc) is 2.84. The molecule has 1 heterocycles. The number of rotatable bonds is 8. The van der Waals surface area contributed by atoms with E-state index in [9.17, 15) is 5.11 Å². The highest BCUT2D eigenvalue weighted by Gasteiger charge is 2.44. The van der Waals surface area contributed by atoms with Crippen molar-refractivity contribution in [2.24, 2.45) is 0 Å². The minimum Gasteiger partial charge on any atom is -0.497 e. The van der Waals surface area contributed by atoms with Gasteiger partial charge in [-0.25, -0.2) is 0 Å². The molecular formula is C18H26O5. The van der Waals surface area contributed by atoms with Crippen LogP contribution in [0.3, 0.4) is 0 Å². The molecule has 1 N–H and O–H groups in total. The zero-order chi connectivity index (χ0) is 16.9. The Hall–Kier alpha value is -1.40. The fourth-order valence-electron chi connectivity index (χ4n) is 2.70. The summed E-state index contributed by atoms with van der Waals surface area (Å²) >= 11 is 0. The van der Waals surface area contributed by atoms with Crippen LogP contribution in [0, 0.1) is 0 Å². The molecule has 0 radical (unpaired) electrons. The van der Waals surface area contributed by atoms with Crippen molar-refractivity contribution in [2.45, 2.75) is 51.0 Å². The van der Waals surface area contributed by atoms with E-state index in [1.165, 1.54) is 0 Å². The monoisotopic (exact) mass is 322 g/mol. The Bertz CT molecular complexity index is 497. The van der Waals surface area contributed by atoms with Crippen molar-refractivity contribution in [1.82, 2.24) is 0 Å². The van der Waals surface area contributed by atoms with Gasteiger partial charge in [-0.1, -0.05) is 18.2 Å². The van der Waals surface area contributed by atoms with Crippen LogP contribution in [-0.2, 0) is 20.8 Å². The Morgan fingerprint density at radius 3 is 2.57 bits per heavy atom. The summed E-state index contributed by atoms with van der Waals surface area (Å²) in [5.41, 5.74) is 1.00. The van der Waals surface area contributed by atoms with E-state index in [-0.39, 0.29) is 18.8 Å². The maximum absolute atomic E-state index is 9.70. The van der Waals surface area contributed by atoms with E-state index in [1.807, 2.05) is 38.1 Å². The second-order valence-corrected chi connectivity index (χ2v) is 6.04. The lowest BCUT2D eigenvalue weighted by atomic mass is 10.1. The van der Waals surface area contributed by atoms with Gasteiger partial charge in [0.15, 0.2) is 5.79 Å². The zero-order valence-electron chi connectivity index (χ0n) is 14.0. The van der Waals surface area contributed by atoms with Crippen LogP contribution in [0.15, 0.2) is 36.9 Å². The summed E-state index contributed by atoms with van der Waals surface area (Å²) < 4.78 is 22.8. The second kappa shape index (κ2) is 7.93. The predicted molar refractivity (Wildman–Crippen MR) is 87.3 cm³/mol. The first kappa shape index (κ1) is 17.9. The highest BCUT2D eigenvalue weighted by atomic mass is 16.8. The summed E-state index contributed by atoms with van der Waals surface area (Å²) in [5.74, 6) is 0.114. The van der Waals surface area contributed by atoms with Gasteiger partial charge in [0.25, 0.3) is 0 Å². The third-order valence-corrected chi connectivity index (χ3v) is 3.79. The Kier molecular flexibility index (Phi) is 6.18. The van der Waals surface area contributed by atoms with Gasteiger partial charge in [-0.15, -0.1) is 6.58 Å². The maximum atomic E-state index is 9.70. The normalized spacial score (nSPS) is 24.3. The Morgan fingerprint density at radius 2 is 2.00 bits per heavy atom. The van der Waals surface area contributed by atoms with Gasteiger partial charge in [0.2, 0.25) is 0 Å². The van der Waals surface area contributed by atoms with Crippen LogP contribution in [0.2, 0.25) is 0 Å². The van der Waals surface area contributed by atoms with Crippen molar-refractivity contribution in [2.75, 3.05) is 13.7 Å². The number of methoxy groups -OCH3 is 1. The number of aliphatic hydroxyl groups is 1. The molecule has 5 heteroatoms. The Balaban J connectivity index is 1.98. The highest BCUT2D eigenvalue weighted by Crippen LogP contribution is 2.33. The molecule has 128 valence electrons. The summed E-state index contributed by atoms with van der Waals surface area (Å²) in [6.45, 7) is 7.73. The number of benzene rings is 1. The van der Waals surface area contributed by atoms with E-state index in [2.05, 4.69) is 6.58 Å². The fraction of sp³-hybridized carbons (Fsp3) is 0.556. The van der Waals surface area contributed by atoms with Gasteiger partial charge in [0.05, 0.1) is 26.4 Å². The van der Waals surface area contributed by atoms with E-state index < -0.39 is 11.9 Å². The molecule has 1 unspecified atom stereocenters. The molecule has 0 saturated carbocycles. The second-order valence-electron chi connectivity index (χ2n) is 6.04. The van der Waals surface area contributed by atoms with Gasteiger partial charge in [-0.05, 0) is 38.0 Å². The van der Waals surface area contributed by atoms with Crippen LogP contribution >= 0.6 is 0 Å². The summed E-state index contributed by atoms with van der Waals surface area (Å²) in [4.78, 5) is 0. The summed E-state index contributed by atoms with van der Waals surface area (Å²) in [6.07, 6.45) is 1.49. The van der Waals surface area contributed by atoms with Crippen LogP contribution in [0.4, 0.5) is 0 Å². The maximum Gasteiger partial charge on any atom is 0.163 e. The van der Waals surface area contributed by atoms with E-state index in [4.69, 9.17) is 18.9 Å². The molecule has 0 aromatic heterocycles. The number of aliphatic hydroxyl groups excluding tert-OH is 1. The molecule has 1 aromatic carbocycles. The lowest BCUT2D eigenvalue weighted by Crippen LogP contribution is -2.39. The number of hydrogen-bond donors (Lipinski definition) is 1. The van der Waals surface area contributed by atoms with Crippen molar-refractivity contribution in [3.63, 3.8) is 0 Å². The molecule has 0 bridgehead atoms. The summed E-state index contributed by atoms with van der Waals surface area (Å²) in [6, 6.07) is 7.63. The van der Waals surface area contributed by atoms with E-state index in [0.717, 1.165) is 11.3 Å². The zero-order valence-corrected chi connectivity index (χ0v) is 14.0. The topological polar surface area (TPSA) is 57.2 Å². The van der Waals surface area contributed by atoms with Crippen molar-refractivity contribution in [3.05, 3.63) is 42.5 Å². The van der Waals surface area contributed by atoms with E-state index >= 15 is 0 Å². The molecule has 0 spiro atoms. The van der Waals surface area contributed by atoms with Crippen LogP contribution in [0.25, 0.3) is 0 Å². The molecule has 1 aliphatic rings. The first-order valence-electron chi connectivity index (χ1n) is 7.81. The molecule has 2 rings (SSSR count). The van der Waals surface area contributed by atoms with Gasteiger partial charge in [0, 0.05) is 0 Å². The summed E-state index contributed by atoms with van der Waals surface area (Å²) in [5, 5.41) is 9.70. The van der Waals surface area contributed by atoms with Gasteiger partial charge in [-0.3, -0.25) is 0 Å². The van der Waals surface area contributed by atoms with Gasteiger partial charge >= 0.3 is 0 Å². The highest BCUT2D eigenvalue weighted by molar-refractivity contribution is 5.26. The minimum atomic E-state index is -0.685.